The number of aromatic amines is 2. The zero-order valence-corrected chi connectivity index (χ0v) is 16.5. The maximum Gasteiger partial charge on any atom is 0.219 e. The highest BCUT2D eigenvalue weighted by atomic mass is 32.2. The summed E-state index contributed by atoms with van der Waals surface area (Å²) in [6, 6.07) is 8.04. The van der Waals surface area contributed by atoms with Gasteiger partial charge in [-0.25, -0.2) is 17.7 Å². The van der Waals surface area contributed by atoms with Crippen LogP contribution in [0.2, 0.25) is 0 Å². The van der Waals surface area contributed by atoms with Gasteiger partial charge in [-0.2, -0.15) is 0 Å². The molecule has 0 amide bonds. The van der Waals surface area contributed by atoms with Crippen molar-refractivity contribution in [2.24, 2.45) is 0 Å². The van der Waals surface area contributed by atoms with E-state index in [1.54, 1.807) is 10.5 Å². The number of pyridine rings is 1. The first-order valence-corrected chi connectivity index (χ1v) is 11.4. The summed E-state index contributed by atoms with van der Waals surface area (Å²) in [6.07, 6.45) is 7.45. The Morgan fingerprint density at radius 2 is 1.93 bits per heavy atom. The average molecular weight is 400 g/mol. The standard InChI is InChI=1S/C20H25N5O2S/c26-28(27,17-13-24(14-17)12-16-3-1-7-21-16)25-9-5-15(6-10-25)19-11-23-20-18(19)4-2-8-22-20/h1-4,7-8,11,15,17,21H,5-6,9-10,12-14H2,(H,22,23). The van der Waals surface area contributed by atoms with Crippen molar-refractivity contribution in [1.82, 2.24) is 24.2 Å². The predicted octanol–water partition coefficient (Wildman–Crippen LogP) is 2.28. The van der Waals surface area contributed by atoms with E-state index in [-0.39, 0.29) is 5.25 Å². The topological polar surface area (TPSA) is 85.1 Å². The van der Waals surface area contributed by atoms with Gasteiger partial charge in [-0.1, -0.05) is 0 Å². The summed E-state index contributed by atoms with van der Waals surface area (Å²) < 4.78 is 27.7. The first-order valence-electron chi connectivity index (χ1n) is 9.87. The van der Waals surface area contributed by atoms with Crippen LogP contribution < -0.4 is 0 Å². The number of aromatic nitrogens is 3. The molecule has 0 aromatic carbocycles. The molecule has 0 aliphatic carbocycles. The van der Waals surface area contributed by atoms with Gasteiger partial charge in [0.25, 0.3) is 0 Å². The van der Waals surface area contributed by atoms with E-state index in [0.717, 1.165) is 36.1 Å². The van der Waals surface area contributed by atoms with Gasteiger partial charge in [-0.05, 0) is 48.6 Å². The zero-order valence-electron chi connectivity index (χ0n) is 15.7. The maximum absolute atomic E-state index is 13.0. The van der Waals surface area contributed by atoms with E-state index in [9.17, 15) is 8.42 Å². The highest BCUT2D eigenvalue weighted by Gasteiger charge is 2.42. The van der Waals surface area contributed by atoms with Crippen LogP contribution in [0, 0.1) is 0 Å². The van der Waals surface area contributed by atoms with Crippen LogP contribution in [0.25, 0.3) is 11.0 Å². The lowest BCUT2D eigenvalue weighted by Gasteiger charge is -2.42. The summed E-state index contributed by atoms with van der Waals surface area (Å²) in [4.78, 5) is 12.9. The molecule has 7 nitrogen and oxygen atoms in total. The summed E-state index contributed by atoms with van der Waals surface area (Å²) in [7, 11) is -3.21. The molecule has 148 valence electrons. The fourth-order valence-electron chi connectivity index (χ4n) is 4.49. The molecule has 3 aromatic heterocycles. The third kappa shape index (κ3) is 3.15. The minimum Gasteiger partial charge on any atom is -0.364 e. The molecular formula is C20H25N5O2S. The second kappa shape index (κ2) is 7.02. The van der Waals surface area contributed by atoms with Gasteiger partial charge in [0.2, 0.25) is 10.0 Å². The summed E-state index contributed by atoms with van der Waals surface area (Å²) in [5.74, 6) is 0.384. The number of piperidine rings is 1. The normalized spacial score (nSPS) is 20.6. The van der Waals surface area contributed by atoms with Crippen molar-refractivity contribution in [3.05, 3.63) is 54.1 Å². The molecular weight excluding hydrogens is 374 g/mol. The molecule has 28 heavy (non-hydrogen) atoms. The number of sulfonamides is 1. The van der Waals surface area contributed by atoms with Crippen LogP contribution in [0.15, 0.2) is 42.9 Å². The Kier molecular flexibility index (Phi) is 4.49. The van der Waals surface area contributed by atoms with E-state index in [1.165, 1.54) is 5.56 Å². The SMILES string of the molecule is O=S(=O)(C1CN(Cc2ccc[nH]2)C1)N1CCC(c2c[nH]c3ncccc23)CC1. The van der Waals surface area contributed by atoms with Gasteiger partial charge in [0.05, 0.1) is 0 Å². The highest BCUT2D eigenvalue weighted by molar-refractivity contribution is 7.89. The lowest BCUT2D eigenvalue weighted by Crippen LogP contribution is -2.58. The van der Waals surface area contributed by atoms with Crippen molar-refractivity contribution >= 4 is 21.1 Å². The number of H-pyrrole nitrogens is 2. The number of nitrogens with zero attached hydrogens (tertiary/aromatic N) is 3. The van der Waals surface area contributed by atoms with Crippen LogP contribution in [0.5, 0.6) is 0 Å². The van der Waals surface area contributed by atoms with Crippen LogP contribution in [0.4, 0.5) is 0 Å². The Morgan fingerprint density at radius 3 is 2.68 bits per heavy atom. The van der Waals surface area contributed by atoms with Crippen molar-refractivity contribution in [3.8, 4) is 0 Å². The van der Waals surface area contributed by atoms with Crippen LogP contribution in [-0.2, 0) is 16.6 Å². The Morgan fingerprint density at radius 1 is 1.11 bits per heavy atom. The Hall–Kier alpha value is -2.16. The number of hydrogen-bond acceptors (Lipinski definition) is 4. The van der Waals surface area contributed by atoms with Gasteiger partial charge < -0.3 is 9.97 Å². The molecule has 5 heterocycles. The number of nitrogens with one attached hydrogen (secondary N) is 2. The molecule has 0 unspecified atom stereocenters. The number of likely N-dealkylation sites (tertiary alicyclic amines) is 1. The number of hydrogen-bond donors (Lipinski definition) is 2. The summed E-state index contributed by atoms with van der Waals surface area (Å²) >= 11 is 0. The van der Waals surface area contributed by atoms with E-state index in [1.807, 2.05) is 30.6 Å². The third-order valence-electron chi connectivity index (χ3n) is 6.14. The van der Waals surface area contributed by atoms with E-state index in [4.69, 9.17) is 0 Å². The predicted molar refractivity (Wildman–Crippen MR) is 108 cm³/mol. The van der Waals surface area contributed by atoms with Crippen molar-refractivity contribution in [3.63, 3.8) is 0 Å². The minimum atomic E-state index is -3.21. The fraction of sp³-hybridized carbons (Fsp3) is 0.450. The van der Waals surface area contributed by atoms with Gasteiger partial charge >= 0.3 is 0 Å². The summed E-state index contributed by atoms with van der Waals surface area (Å²) in [6.45, 7) is 3.24. The second-order valence-corrected chi connectivity index (χ2v) is 10.1. The van der Waals surface area contributed by atoms with Gasteiger partial charge in [0.15, 0.2) is 0 Å². The van der Waals surface area contributed by atoms with Crippen LogP contribution in [-0.4, -0.2) is 64.0 Å². The molecule has 0 radical (unpaired) electrons. The van der Waals surface area contributed by atoms with Crippen LogP contribution >= 0.6 is 0 Å². The van der Waals surface area contributed by atoms with Crippen molar-refractivity contribution in [1.29, 1.82) is 0 Å². The average Bonchev–Trinajstić information content (AvgIpc) is 3.34. The third-order valence-corrected chi connectivity index (χ3v) is 8.36. The molecule has 2 saturated heterocycles. The Balaban J connectivity index is 1.19. The van der Waals surface area contributed by atoms with Crippen molar-refractivity contribution in [2.45, 2.75) is 30.6 Å². The van der Waals surface area contributed by atoms with E-state index >= 15 is 0 Å². The van der Waals surface area contributed by atoms with Gasteiger partial charge in [-0.15, -0.1) is 0 Å². The molecule has 0 spiro atoms. The quantitative estimate of drug-likeness (QED) is 0.689. The molecule has 2 aliphatic heterocycles. The van der Waals surface area contributed by atoms with Gasteiger partial charge in [0.1, 0.15) is 10.9 Å². The Bertz CT molecular complexity index is 1050. The first-order chi connectivity index (χ1) is 13.6. The van der Waals surface area contributed by atoms with Crippen LogP contribution in [0.1, 0.15) is 30.0 Å². The highest BCUT2D eigenvalue weighted by Crippen LogP contribution is 2.34. The van der Waals surface area contributed by atoms with E-state index < -0.39 is 10.0 Å². The fourth-order valence-corrected chi connectivity index (χ4v) is 6.43. The number of rotatable bonds is 5. The van der Waals surface area contributed by atoms with E-state index in [0.29, 0.717) is 32.1 Å². The first kappa shape index (κ1) is 17.9. The Labute approximate surface area is 164 Å². The summed E-state index contributed by atoms with van der Waals surface area (Å²) in [5, 5.41) is 0.888. The monoisotopic (exact) mass is 399 g/mol. The molecule has 0 atom stereocenters. The van der Waals surface area contributed by atoms with Crippen molar-refractivity contribution in [2.75, 3.05) is 26.2 Å². The lowest BCUT2D eigenvalue weighted by molar-refractivity contribution is 0.167. The summed E-state index contributed by atoms with van der Waals surface area (Å²) in [5.41, 5.74) is 3.30. The van der Waals surface area contributed by atoms with E-state index in [2.05, 4.69) is 25.9 Å². The molecule has 8 heteroatoms. The van der Waals surface area contributed by atoms with Crippen molar-refractivity contribution < 1.29 is 8.42 Å². The van der Waals surface area contributed by atoms with Crippen LogP contribution in [0.3, 0.4) is 0 Å². The second-order valence-electron chi connectivity index (χ2n) is 7.87. The minimum absolute atomic E-state index is 0.267. The van der Waals surface area contributed by atoms with Gasteiger partial charge in [-0.3, -0.25) is 4.90 Å². The molecule has 0 bridgehead atoms. The molecule has 2 aliphatic rings. The zero-order chi connectivity index (χ0) is 19.1. The largest absolute Gasteiger partial charge is 0.364 e. The number of fused-ring (bicyclic) bond motifs is 1. The molecule has 3 aromatic rings. The maximum atomic E-state index is 13.0. The molecule has 2 N–H and O–H groups in total. The molecule has 0 saturated carbocycles. The lowest BCUT2D eigenvalue weighted by atomic mass is 9.90. The molecule has 5 rings (SSSR count). The molecule has 2 fully saturated rings. The smallest absolute Gasteiger partial charge is 0.219 e. The van der Waals surface area contributed by atoms with Gasteiger partial charge in [0, 0.05) is 62.4 Å².